The van der Waals surface area contributed by atoms with Crippen LogP contribution in [-0.2, 0) is 0 Å². The fourth-order valence-electron chi connectivity index (χ4n) is 3.25. The molecule has 1 fully saturated rings. The molecule has 1 saturated heterocycles. The van der Waals surface area contributed by atoms with E-state index >= 15 is 0 Å². The van der Waals surface area contributed by atoms with Crippen LogP contribution in [0.5, 0.6) is 0 Å². The number of pyridine rings is 1. The molecule has 1 atom stereocenters. The maximum Gasteiger partial charge on any atom is 0.190 e. The van der Waals surface area contributed by atoms with E-state index in [0.717, 1.165) is 47.8 Å². The van der Waals surface area contributed by atoms with E-state index in [0.29, 0.717) is 11.7 Å². The minimum absolute atomic E-state index is 0.426. The number of nitrogens with one attached hydrogen (secondary N) is 3. The van der Waals surface area contributed by atoms with E-state index in [1.807, 2.05) is 41.2 Å². The monoisotopic (exact) mass is 343 g/mol. The first kappa shape index (κ1) is 14.9. The molecule has 4 aromatic heterocycles. The van der Waals surface area contributed by atoms with Crippen molar-refractivity contribution in [2.45, 2.75) is 12.5 Å². The van der Waals surface area contributed by atoms with E-state index in [1.165, 1.54) is 0 Å². The van der Waals surface area contributed by atoms with Crippen molar-refractivity contribution < 1.29 is 0 Å². The van der Waals surface area contributed by atoms with Gasteiger partial charge in [0.1, 0.15) is 5.82 Å². The van der Waals surface area contributed by atoms with E-state index in [9.17, 15) is 0 Å². The van der Waals surface area contributed by atoms with Gasteiger partial charge in [-0.05, 0) is 31.2 Å². The van der Waals surface area contributed by atoms with Crippen LogP contribution in [0.25, 0.3) is 28.2 Å². The van der Waals surface area contributed by atoms with Crippen LogP contribution in [0.2, 0.25) is 0 Å². The third kappa shape index (κ3) is 2.66. The van der Waals surface area contributed by atoms with Crippen LogP contribution in [-0.4, -0.2) is 43.7 Å². The highest BCUT2D eigenvalue weighted by atomic mass is 15.1. The Morgan fingerprint density at radius 1 is 1.23 bits per heavy atom. The number of aromatic nitrogens is 5. The van der Waals surface area contributed by atoms with Crippen molar-refractivity contribution in [1.29, 1.82) is 0 Å². The van der Waals surface area contributed by atoms with E-state index in [2.05, 4.69) is 37.9 Å². The molecule has 26 heavy (non-hydrogen) atoms. The molecule has 0 radical (unpaired) electrons. The predicted octanol–water partition coefficient (Wildman–Crippen LogP) is 2.16. The highest BCUT2D eigenvalue weighted by Crippen LogP contribution is 2.23. The standard InChI is InChI=1S/C19H17N7/c1-2-16(25-18(3-1)24-15-6-7-20-10-15)17-11-21-19-5-4-13(12-26(17)19)14-8-22-23-9-14/h1-3,8-9,11-12,15,20H,6-7,10H2,(H,22,23)(H,24,25)/t15-/m0/s1. The lowest BCUT2D eigenvalue weighted by molar-refractivity contribution is 0.788. The van der Waals surface area contributed by atoms with Crippen LogP contribution < -0.4 is 10.6 Å². The first-order valence-electron chi connectivity index (χ1n) is 8.62. The molecule has 0 spiro atoms. The molecular formula is C19H17N7. The minimum atomic E-state index is 0.426. The third-order valence-electron chi connectivity index (χ3n) is 4.60. The summed E-state index contributed by atoms with van der Waals surface area (Å²) in [6.45, 7) is 2.02. The van der Waals surface area contributed by atoms with Crippen molar-refractivity contribution in [3.05, 3.63) is 55.1 Å². The van der Waals surface area contributed by atoms with E-state index < -0.39 is 0 Å². The van der Waals surface area contributed by atoms with Gasteiger partial charge in [-0.25, -0.2) is 9.97 Å². The number of nitrogens with zero attached hydrogens (tertiary/aromatic N) is 4. The molecule has 5 heterocycles. The van der Waals surface area contributed by atoms with E-state index in [1.54, 1.807) is 6.20 Å². The van der Waals surface area contributed by atoms with E-state index in [4.69, 9.17) is 4.98 Å². The van der Waals surface area contributed by atoms with Crippen LogP contribution in [0, 0.1) is 12.1 Å². The van der Waals surface area contributed by atoms with Gasteiger partial charge in [0.15, 0.2) is 5.65 Å². The van der Waals surface area contributed by atoms with Crippen molar-refractivity contribution >= 4 is 11.5 Å². The van der Waals surface area contributed by atoms with Gasteiger partial charge >= 0.3 is 0 Å². The average Bonchev–Trinajstić information content (AvgIpc) is 3.43. The molecule has 7 nitrogen and oxygen atoms in total. The first-order chi connectivity index (χ1) is 12.9. The Labute approximate surface area is 150 Å². The molecule has 0 aliphatic carbocycles. The maximum atomic E-state index is 4.78. The summed E-state index contributed by atoms with van der Waals surface area (Å²) in [6.07, 6.45) is 8.52. The summed E-state index contributed by atoms with van der Waals surface area (Å²) < 4.78 is 1.99. The number of anilines is 1. The highest BCUT2D eigenvalue weighted by Gasteiger charge is 2.15. The van der Waals surface area contributed by atoms with Gasteiger partial charge in [0.2, 0.25) is 0 Å². The Balaban J connectivity index is 1.53. The predicted molar refractivity (Wildman–Crippen MR) is 98.6 cm³/mol. The minimum Gasteiger partial charge on any atom is -0.366 e. The zero-order chi connectivity index (χ0) is 17.3. The zero-order valence-corrected chi connectivity index (χ0v) is 14.0. The van der Waals surface area contributed by atoms with Gasteiger partial charge in [-0.15, -0.1) is 0 Å². The molecular weight excluding hydrogens is 326 g/mol. The van der Waals surface area contributed by atoms with Crippen molar-refractivity contribution in [3.63, 3.8) is 0 Å². The molecule has 0 unspecified atom stereocenters. The summed E-state index contributed by atoms with van der Waals surface area (Å²) >= 11 is 0. The van der Waals surface area contributed by atoms with Gasteiger partial charge in [0.25, 0.3) is 0 Å². The topological polar surface area (TPSA) is 82.9 Å². The number of H-pyrrole nitrogens is 1. The summed E-state index contributed by atoms with van der Waals surface area (Å²) in [5.41, 5.74) is 4.36. The van der Waals surface area contributed by atoms with Crippen molar-refractivity contribution in [2.24, 2.45) is 0 Å². The summed E-state index contributed by atoms with van der Waals surface area (Å²) in [5.74, 6) is 0.882. The van der Waals surface area contributed by atoms with Crippen molar-refractivity contribution in [3.8, 4) is 22.5 Å². The number of rotatable bonds is 4. The van der Waals surface area contributed by atoms with Gasteiger partial charge in [-0.3, -0.25) is 9.50 Å². The third-order valence-corrected chi connectivity index (χ3v) is 4.60. The van der Waals surface area contributed by atoms with Crippen molar-refractivity contribution in [1.82, 2.24) is 29.9 Å². The fraction of sp³-hybridized carbons (Fsp3) is 0.211. The lowest BCUT2D eigenvalue weighted by Gasteiger charge is -2.12. The Bertz CT molecular complexity index is 1030. The molecule has 7 heteroatoms. The molecule has 128 valence electrons. The molecule has 5 rings (SSSR count). The molecule has 1 aliphatic rings. The second-order valence-electron chi connectivity index (χ2n) is 6.36. The summed E-state index contributed by atoms with van der Waals surface area (Å²) in [6, 6.07) is 12.7. The number of aromatic amines is 1. The molecule has 3 N–H and O–H groups in total. The molecule has 4 aromatic rings. The number of hydrogen-bond donors (Lipinski definition) is 3. The molecule has 1 aliphatic heterocycles. The van der Waals surface area contributed by atoms with Crippen LogP contribution in [0.15, 0.2) is 43.0 Å². The Morgan fingerprint density at radius 3 is 3.08 bits per heavy atom. The van der Waals surface area contributed by atoms with Gasteiger partial charge < -0.3 is 10.6 Å². The summed E-state index contributed by atoms with van der Waals surface area (Å²) in [4.78, 5) is 9.21. The van der Waals surface area contributed by atoms with Gasteiger partial charge in [0, 0.05) is 30.5 Å². The van der Waals surface area contributed by atoms with Crippen LogP contribution in [0.3, 0.4) is 0 Å². The largest absolute Gasteiger partial charge is 0.366 e. The second-order valence-corrected chi connectivity index (χ2v) is 6.36. The normalized spacial score (nSPS) is 16.7. The molecule has 0 saturated carbocycles. The number of fused-ring (bicyclic) bond motifs is 1. The van der Waals surface area contributed by atoms with Crippen LogP contribution >= 0.6 is 0 Å². The first-order valence-corrected chi connectivity index (χ1v) is 8.62. The SMILES string of the molecule is c1c(-c2cn[nH]c2)cn2c(-c3cccc(N[C@H]4CCNC4)n3)cnc2c#1. The van der Waals surface area contributed by atoms with Crippen molar-refractivity contribution in [2.75, 3.05) is 18.4 Å². The quantitative estimate of drug-likeness (QED) is 0.529. The van der Waals surface area contributed by atoms with Crippen LogP contribution in [0.1, 0.15) is 6.42 Å². The second kappa shape index (κ2) is 6.17. The Hall–Kier alpha value is -3.37. The summed E-state index contributed by atoms with van der Waals surface area (Å²) in [5, 5.41) is 13.7. The Morgan fingerprint density at radius 2 is 2.23 bits per heavy atom. The van der Waals surface area contributed by atoms with Gasteiger partial charge in [-0.1, -0.05) is 12.1 Å². The average molecular weight is 343 g/mol. The summed E-state index contributed by atoms with van der Waals surface area (Å²) in [7, 11) is 0. The fourth-order valence-corrected chi connectivity index (χ4v) is 3.25. The maximum absolute atomic E-state index is 4.78. The highest BCUT2D eigenvalue weighted by molar-refractivity contribution is 5.65. The molecule has 0 aromatic carbocycles. The van der Waals surface area contributed by atoms with Gasteiger partial charge in [0.05, 0.1) is 29.3 Å². The number of imidazole rings is 1. The lowest BCUT2D eigenvalue weighted by Crippen LogP contribution is -2.22. The van der Waals surface area contributed by atoms with Gasteiger partial charge in [-0.2, -0.15) is 5.10 Å². The Kier molecular flexibility index (Phi) is 3.54. The smallest absolute Gasteiger partial charge is 0.190 e. The molecule has 0 amide bonds. The van der Waals surface area contributed by atoms with Crippen LogP contribution in [0.4, 0.5) is 5.82 Å². The number of hydrogen-bond acceptors (Lipinski definition) is 5. The lowest BCUT2D eigenvalue weighted by atomic mass is 10.2. The zero-order valence-electron chi connectivity index (χ0n) is 14.0. The molecule has 0 bridgehead atoms. The van der Waals surface area contributed by atoms with E-state index in [-0.39, 0.29) is 0 Å².